The average molecular weight is 280 g/mol. The van der Waals surface area contributed by atoms with E-state index in [1.165, 1.54) is 31.4 Å². The Bertz CT molecular complexity index is 277. The van der Waals surface area contributed by atoms with Crippen molar-refractivity contribution >= 4 is 6.03 Å². The summed E-state index contributed by atoms with van der Waals surface area (Å²) in [6.45, 7) is 1.97. The summed E-state index contributed by atoms with van der Waals surface area (Å²) < 4.78 is 73.0. The van der Waals surface area contributed by atoms with Gasteiger partial charge in [0, 0.05) is 0 Å². The van der Waals surface area contributed by atoms with Gasteiger partial charge < -0.3 is 10.6 Å². The molecule has 0 heterocycles. The number of alkyl halides is 6. The molecule has 0 saturated heterocycles. The lowest BCUT2D eigenvalue weighted by atomic mass is 9.86. The molecule has 0 radical (unpaired) electrons. The fourth-order valence-electron chi connectivity index (χ4n) is 1.15. The minimum atomic E-state index is -4.74. The van der Waals surface area contributed by atoms with E-state index in [0.29, 0.717) is 0 Å². The first-order chi connectivity index (χ1) is 7.73. The maximum Gasteiger partial charge on any atom is 0.409 e. The fraction of sp³-hybridized carbons (Fsp3) is 0.889. The van der Waals surface area contributed by atoms with Crippen molar-refractivity contribution in [3.8, 4) is 0 Å². The van der Waals surface area contributed by atoms with E-state index in [4.69, 9.17) is 0 Å². The Morgan fingerprint density at radius 1 is 1.06 bits per heavy atom. The number of hydrogen-bond donors (Lipinski definition) is 2. The Kier molecular flexibility index (Phi) is 4.90. The lowest BCUT2D eigenvalue weighted by Crippen LogP contribution is -2.56. The number of carbonyl (C=O) groups excluding carboxylic acids is 1. The number of rotatable bonds is 2. The summed E-state index contributed by atoms with van der Waals surface area (Å²) in [5, 5.41) is 2.82. The molecule has 2 N–H and O–H groups in total. The van der Waals surface area contributed by atoms with Crippen LogP contribution in [0.5, 0.6) is 0 Å². The Labute approximate surface area is 99.9 Å². The van der Waals surface area contributed by atoms with Gasteiger partial charge in [-0.1, -0.05) is 20.8 Å². The zero-order valence-electron chi connectivity index (χ0n) is 9.96. The highest BCUT2D eigenvalue weighted by molar-refractivity contribution is 5.74. The zero-order valence-corrected chi connectivity index (χ0v) is 9.96. The number of urea groups is 1. The normalized spacial score (nSPS) is 15.2. The standard InChI is InChI=1S/C9H14F6N2O/c1-7(2,3)5(9(13,14)15)17-6(18)16-4-8(10,11)12/h5H,4H2,1-3H3,(H2,16,17,18). The first-order valence-electron chi connectivity index (χ1n) is 4.91. The van der Waals surface area contributed by atoms with Gasteiger partial charge in [-0.25, -0.2) is 4.79 Å². The van der Waals surface area contributed by atoms with E-state index < -0.39 is 36.4 Å². The molecule has 1 atom stereocenters. The van der Waals surface area contributed by atoms with Crippen LogP contribution in [0.4, 0.5) is 31.1 Å². The van der Waals surface area contributed by atoms with Gasteiger partial charge in [0.15, 0.2) is 0 Å². The number of amides is 2. The van der Waals surface area contributed by atoms with Crippen LogP contribution in [0.2, 0.25) is 0 Å². The van der Waals surface area contributed by atoms with E-state index in [1.54, 1.807) is 0 Å². The molecule has 0 spiro atoms. The van der Waals surface area contributed by atoms with E-state index in [9.17, 15) is 31.1 Å². The molecule has 9 heteroatoms. The second kappa shape index (κ2) is 5.23. The van der Waals surface area contributed by atoms with E-state index in [-0.39, 0.29) is 0 Å². The molecule has 0 aromatic carbocycles. The molecule has 0 aromatic heterocycles. The van der Waals surface area contributed by atoms with Crippen molar-refractivity contribution in [2.45, 2.75) is 39.2 Å². The highest BCUT2D eigenvalue weighted by Crippen LogP contribution is 2.33. The molecule has 18 heavy (non-hydrogen) atoms. The Morgan fingerprint density at radius 2 is 1.50 bits per heavy atom. The number of carbonyl (C=O) groups is 1. The molecule has 0 aliphatic carbocycles. The molecule has 0 aromatic rings. The van der Waals surface area contributed by atoms with Crippen molar-refractivity contribution in [3.63, 3.8) is 0 Å². The lowest BCUT2D eigenvalue weighted by molar-refractivity contribution is -0.174. The third-order valence-electron chi connectivity index (χ3n) is 1.92. The molecule has 0 bridgehead atoms. The van der Waals surface area contributed by atoms with Crippen molar-refractivity contribution in [1.82, 2.24) is 10.6 Å². The summed E-state index contributed by atoms with van der Waals surface area (Å²) >= 11 is 0. The molecule has 0 rings (SSSR count). The molecule has 3 nitrogen and oxygen atoms in total. The molecule has 2 amide bonds. The molecule has 108 valence electrons. The van der Waals surface area contributed by atoms with E-state index in [1.807, 2.05) is 0 Å². The van der Waals surface area contributed by atoms with E-state index >= 15 is 0 Å². The van der Waals surface area contributed by atoms with E-state index in [2.05, 4.69) is 0 Å². The van der Waals surface area contributed by atoms with Crippen LogP contribution in [0, 0.1) is 5.41 Å². The van der Waals surface area contributed by atoms with Gasteiger partial charge in [-0.2, -0.15) is 26.3 Å². The lowest BCUT2D eigenvalue weighted by Gasteiger charge is -2.32. The minimum Gasteiger partial charge on any atom is -0.329 e. The van der Waals surface area contributed by atoms with Crippen molar-refractivity contribution in [2.75, 3.05) is 6.54 Å². The Morgan fingerprint density at radius 3 is 1.78 bits per heavy atom. The molecule has 1 unspecified atom stereocenters. The number of hydrogen-bond acceptors (Lipinski definition) is 1. The van der Waals surface area contributed by atoms with Crippen LogP contribution in [0.15, 0.2) is 0 Å². The van der Waals surface area contributed by atoms with Gasteiger partial charge in [-0.15, -0.1) is 0 Å². The fourth-order valence-corrected chi connectivity index (χ4v) is 1.15. The smallest absolute Gasteiger partial charge is 0.329 e. The summed E-state index contributed by atoms with van der Waals surface area (Å²) in [5.74, 6) is 0. The molecule has 0 saturated carbocycles. The molecular weight excluding hydrogens is 266 g/mol. The van der Waals surface area contributed by atoms with Gasteiger partial charge in [0.1, 0.15) is 12.6 Å². The topological polar surface area (TPSA) is 41.1 Å². The van der Waals surface area contributed by atoms with Crippen LogP contribution in [-0.2, 0) is 0 Å². The van der Waals surface area contributed by atoms with Gasteiger partial charge in [0.05, 0.1) is 0 Å². The van der Waals surface area contributed by atoms with Gasteiger partial charge in [0.25, 0.3) is 0 Å². The summed E-state index contributed by atoms with van der Waals surface area (Å²) in [7, 11) is 0. The Balaban J connectivity index is 4.58. The third-order valence-corrected chi connectivity index (χ3v) is 1.92. The van der Waals surface area contributed by atoms with Crippen LogP contribution in [0.25, 0.3) is 0 Å². The van der Waals surface area contributed by atoms with Crippen LogP contribution < -0.4 is 10.6 Å². The van der Waals surface area contributed by atoms with Gasteiger partial charge in [-0.3, -0.25) is 0 Å². The van der Waals surface area contributed by atoms with E-state index in [0.717, 1.165) is 0 Å². The highest BCUT2D eigenvalue weighted by atomic mass is 19.4. The summed E-state index contributed by atoms with van der Waals surface area (Å²) in [6, 6.07) is -3.75. The highest BCUT2D eigenvalue weighted by Gasteiger charge is 2.47. The first-order valence-corrected chi connectivity index (χ1v) is 4.91. The maximum absolute atomic E-state index is 12.6. The largest absolute Gasteiger partial charge is 0.409 e. The van der Waals surface area contributed by atoms with Crippen LogP contribution in [-0.4, -0.2) is 31.0 Å². The number of halogens is 6. The van der Waals surface area contributed by atoms with Crippen molar-refractivity contribution in [3.05, 3.63) is 0 Å². The average Bonchev–Trinajstić information content (AvgIpc) is 2.05. The molecular formula is C9H14F6N2O. The van der Waals surface area contributed by atoms with Crippen LogP contribution in [0.1, 0.15) is 20.8 Å². The molecule has 0 fully saturated rings. The molecule has 0 aliphatic rings. The van der Waals surface area contributed by atoms with Gasteiger partial charge in [0.2, 0.25) is 0 Å². The monoisotopic (exact) mass is 280 g/mol. The Hall–Kier alpha value is -1.15. The summed E-state index contributed by atoms with van der Waals surface area (Å²) in [4.78, 5) is 11.0. The predicted octanol–water partition coefficient (Wildman–Crippen LogP) is 2.82. The predicted molar refractivity (Wildman–Crippen MR) is 51.9 cm³/mol. The molecule has 0 aliphatic heterocycles. The second-order valence-corrected chi connectivity index (χ2v) is 4.78. The maximum atomic E-state index is 12.6. The summed E-state index contributed by atoms with van der Waals surface area (Å²) in [5.41, 5.74) is -1.37. The first kappa shape index (κ1) is 16.9. The van der Waals surface area contributed by atoms with Crippen LogP contribution in [0.3, 0.4) is 0 Å². The van der Waals surface area contributed by atoms with Crippen molar-refractivity contribution in [1.29, 1.82) is 0 Å². The van der Waals surface area contributed by atoms with Crippen molar-refractivity contribution in [2.24, 2.45) is 5.41 Å². The van der Waals surface area contributed by atoms with Crippen LogP contribution >= 0.6 is 0 Å². The zero-order chi connectivity index (χ0) is 14.8. The van der Waals surface area contributed by atoms with Gasteiger partial charge in [-0.05, 0) is 5.41 Å². The van der Waals surface area contributed by atoms with Gasteiger partial charge >= 0.3 is 18.4 Å². The minimum absolute atomic E-state index is 1.22. The number of nitrogens with one attached hydrogen (secondary N) is 2. The third kappa shape index (κ3) is 6.55. The second-order valence-electron chi connectivity index (χ2n) is 4.78. The summed E-state index contributed by atoms with van der Waals surface area (Å²) in [6.07, 6.45) is -9.42. The quantitative estimate of drug-likeness (QED) is 0.750. The SMILES string of the molecule is CC(C)(C)C(NC(=O)NCC(F)(F)F)C(F)(F)F. The van der Waals surface area contributed by atoms with Crippen molar-refractivity contribution < 1.29 is 31.1 Å².